The van der Waals surface area contributed by atoms with Crippen LogP contribution >= 0.6 is 0 Å². The summed E-state index contributed by atoms with van der Waals surface area (Å²) in [5, 5.41) is 2.58. The molecule has 35 heavy (non-hydrogen) atoms. The highest BCUT2D eigenvalue weighted by Crippen LogP contribution is 2.34. The molecule has 0 aromatic heterocycles. The number of sulfonamides is 1. The highest BCUT2D eigenvalue weighted by molar-refractivity contribution is 7.89. The van der Waals surface area contributed by atoms with Gasteiger partial charge in [0.05, 0.1) is 18.6 Å². The van der Waals surface area contributed by atoms with Crippen LogP contribution in [0.4, 0.5) is 4.79 Å². The first-order valence-electron chi connectivity index (χ1n) is 11.3. The van der Waals surface area contributed by atoms with Gasteiger partial charge < -0.3 is 25.5 Å². The first-order chi connectivity index (χ1) is 16.7. The van der Waals surface area contributed by atoms with Crippen LogP contribution in [0.2, 0.25) is 0 Å². The standard InChI is InChI=1S/C24H28N4O6S/c1-34-19-7-8-21-17(13-19)14-27(22(21)30)15-24(16-29,26-23(25)31)18-9-11-28(12-10-18)35(32,33)20-5-3-2-4-6-20/h2-8,13,16,18H,9-12,14-15H2,1H3,(H3,25,26,31). The number of aldehydes is 1. The van der Waals surface area contributed by atoms with Crippen LogP contribution in [0.1, 0.15) is 28.8 Å². The summed E-state index contributed by atoms with van der Waals surface area (Å²) >= 11 is 0. The van der Waals surface area contributed by atoms with E-state index in [2.05, 4.69) is 5.32 Å². The molecule has 3 N–H and O–H groups in total. The van der Waals surface area contributed by atoms with Gasteiger partial charge in [-0.25, -0.2) is 13.2 Å². The van der Waals surface area contributed by atoms with E-state index in [-0.39, 0.29) is 37.0 Å². The summed E-state index contributed by atoms with van der Waals surface area (Å²) in [5.74, 6) is -0.0627. The van der Waals surface area contributed by atoms with Crippen LogP contribution in [0.15, 0.2) is 53.4 Å². The molecule has 11 heteroatoms. The number of methoxy groups -OCH3 is 1. The molecule has 2 aliphatic rings. The van der Waals surface area contributed by atoms with Gasteiger partial charge in [-0.3, -0.25) is 4.79 Å². The number of fused-ring (bicyclic) bond motifs is 1. The minimum absolute atomic E-state index is 0.0780. The zero-order valence-electron chi connectivity index (χ0n) is 19.3. The first-order valence-corrected chi connectivity index (χ1v) is 12.7. The normalized spacial score (nSPS) is 18.5. The number of carbonyl (C=O) groups is 3. The number of hydrogen-bond acceptors (Lipinski definition) is 6. The minimum Gasteiger partial charge on any atom is -0.497 e. The zero-order chi connectivity index (χ0) is 25.2. The van der Waals surface area contributed by atoms with Crippen molar-refractivity contribution in [2.75, 3.05) is 26.7 Å². The summed E-state index contributed by atoms with van der Waals surface area (Å²) in [5.41, 5.74) is 5.25. The Morgan fingerprint density at radius 2 is 1.89 bits per heavy atom. The molecule has 0 bridgehead atoms. The van der Waals surface area contributed by atoms with Gasteiger partial charge >= 0.3 is 6.03 Å². The number of benzene rings is 2. The third-order valence-corrected chi connectivity index (χ3v) is 8.69. The maximum absolute atomic E-state index is 13.0. The number of carbonyl (C=O) groups excluding carboxylic acids is 3. The molecule has 0 radical (unpaired) electrons. The number of nitrogens with one attached hydrogen (secondary N) is 1. The van der Waals surface area contributed by atoms with Gasteiger partial charge in [0.1, 0.15) is 17.6 Å². The number of hydrogen-bond donors (Lipinski definition) is 2. The van der Waals surface area contributed by atoms with Crippen LogP contribution in [0.3, 0.4) is 0 Å². The van der Waals surface area contributed by atoms with Crippen LogP contribution in [0.25, 0.3) is 0 Å². The summed E-state index contributed by atoms with van der Waals surface area (Å²) in [7, 11) is -2.14. The van der Waals surface area contributed by atoms with Crippen LogP contribution in [-0.2, 0) is 21.4 Å². The van der Waals surface area contributed by atoms with Crippen LogP contribution < -0.4 is 15.8 Å². The molecule has 10 nitrogen and oxygen atoms in total. The van der Waals surface area contributed by atoms with Crippen molar-refractivity contribution in [1.29, 1.82) is 0 Å². The Labute approximate surface area is 204 Å². The van der Waals surface area contributed by atoms with E-state index in [4.69, 9.17) is 10.5 Å². The van der Waals surface area contributed by atoms with Gasteiger partial charge in [0, 0.05) is 25.2 Å². The van der Waals surface area contributed by atoms with Crippen molar-refractivity contribution in [3.8, 4) is 5.75 Å². The molecule has 0 spiro atoms. The van der Waals surface area contributed by atoms with Crippen molar-refractivity contribution < 1.29 is 27.5 Å². The van der Waals surface area contributed by atoms with Crippen molar-refractivity contribution >= 4 is 28.2 Å². The number of rotatable bonds is 8. The highest BCUT2D eigenvalue weighted by atomic mass is 32.2. The van der Waals surface area contributed by atoms with Gasteiger partial charge in [-0.15, -0.1) is 0 Å². The molecular weight excluding hydrogens is 472 g/mol. The summed E-state index contributed by atoms with van der Waals surface area (Å²) in [4.78, 5) is 39.1. The topological polar surface area (TPSA) is 139 Å². The largest absolute Gasteiger partial charge is 0.497 e. The smallest absolute Gasteiger partial charge is 0.313 e. The predicted molar refractivity (Wildman–Crippen MR) is 127 cm³/mol. The van der Waals surface area contributed by atoms with Gasteiger partial charge in [0.15, 0.2) is 0 Å². The monoisotopic (exact) mass is 500 g/mol. The van der Waals surface area contributed by atoms with E-state index in [0.717, 1.165) is 5.56 Å². The number of amides is 3. The van der Waals surface area contributed by atoms with Gasteiger partial charge in [0.2, 0.25) is 10.0 Å². The maximum atomic E-state index is 13.0. The second kappa shape index (κ2) is 9.67. The molecule has 1 saturated heterocycles. The molecule has 186 valence electrons. The van der Waals surface area contributed by atoms with E-state index in [1.807, 2.05) is 0 Å². The minimum atomic E-state index is -3.68. The van der Waals surface area contributed by atoms with Crippen molar-refractivity contribution in [2.24, 2.45) is 11.7 Å². The van der Waals surface area contributed by atoms with Crippen molar-refractivity contribution in [2.45, 2.75) is 29.8 Å². The summed E-state index contributed by atoms with van der Waals surface area (Å²) < 4.78 is 32.6. The average molecular weight is 501 g/mol. The Morgan fingerprint density at radius 1 is 1.20 bits per heavy atom. The number of ether oxygens (including phenoxy) is 1. The van der Waals surface area contributed by atoms with Gasteiger partial charge in [0.25, 0.3) is 5.91 Å². The van der Waals surface area contributed by atoms with Crippen LogP contribution in [0, 0.1) is 5.92 Å². The summed E-state index contributed by atoms with van der Waals surface area (Å²) in [6.45, 7) is 0.514. The average Bonchev–Trinajstić information content (AvgIpc) is 3.17. The fourth-order valence-corrected chi connectivity index (χ4v) is 6.43. The van der Waals surface area contributed by atoms with Crippen molar-refractivity contribution in [3.63, 3.8) is 0 Å². The lowest BCUT2D eigenvalue weighted by atomic mass is 9.78. The number of nitrogens with two attached hydrogens (primary N) is 1. The number of piperidine rings is 1. The molecule has 2 aromatic carbocycles. The lowest BCUT2D eigenvalue weighted by Crippen LogP contribution is -2.64. The molecule has 1 atom stereocenters. The van der Waals surface area contributed by atoms with Gasteiger partial charge in [-0.05, 0) is 54.7 Å². The summed E-state index contributed by atoms with van der Waals surface area (Å²) in [6, 6.07) is 12.4. The molecule has 2 heterocycles. The van der Waals surface area contributed by atoms with E-state index in [1.54, 1.807) is 36.4 Å². The van der Waals surface area contributed by atoms with E-state index in [9.17, 15) is 22.8 Å². The predicted octanol–water partition coefficient (Wildman–Crippen LogP) is 1.36. The quantitative estimate of drug-likeness (QED) is 0.525. The van der Waals surface area contributed by atoms with Crippen LogP contribution in [-0.4, -0.2) is 68.1 Å². The molecule has 4 rings (SSSR count). The Kier molecular flexibility index (Phi) is 6.82. The molecule has 0 saturated carbocycles. The number of primary amides is 1. The Bertz CT molecular complexity index is 1230. The first kappa shape index (κ1) is 24.7. The maximum Gasteiger partial charge on any atom is 0.313 e. The number of urea groups is 1. The lowest BCUT2D eigenvalue weighted by Gasteiger charge is -2.42. The van der Waals surface area contributed by atoms with Crippen molar-refractivity contribution in [3.05, 3.63) is 59.7 Å². The fraction of sp³-hybridized carbons (Fsp3) is 0.375. The number of nitrogens with zero attached hydrogens (tertiary/aromatic N) is 2. The highest BCUT2D eigenvalue weighted by Gasteiger charge is 2.46. The molecule has 3 amide bonds. The zero-order valence-corrected chi connectivity index (χ0v) is 20.2. The second-order valence-corrected chi connectivity index (χ2v) is 10.8. The Balaban J connectivity index is 1.53. The van der Waals surface area contributed by atoms with Gasteiger partial charge in [-0.2, -0.15) is 4.31 Å². The van der Waals surface area contributed by atoms with Gasteiger partial charge in [-0.1, -0.05) is 18.2 Å². The van der Waals surface area contributed by atoms with Crippen molar-refractivity contribution in [1.82, 2.24) is 14.5 Å². The molecular formula is C24H28N4O6S. The Morgan fingerprint density at radius 3 is 2.49 bits per heavy atom. The van der Waals surface area contributed by atoms with E-state index < -0.39 is 27.5 Å². The van der Waals surface area contributed by atoms with Crippen LogP contribution in [0.5, 0.6) is 5.75 Å². The molecule has 0 aliphatic carbocycles. The fourth-order valence-electron chi connectivity index (χ4n) is 4.94. The van der Waals surface area contributed by atoms with E-state index >= 15 is 0 Å². The molecule has 1 unspecified atom stereocenters. The molecule has 2 aliphatic heterocycles. The third-order valence-electron chi connectivity index (χ3n) is 6.77. The molecule has 2 aromatic rings. The lowest BCUT2D eigenvalue weighted by molar-refractivity contribution is -0.116. The molecule has 1 fully saturated rings. The second-order valence-electron chi connectivity index (χ2n) is 8.82. The SMILES string of the molecule is COc1ccc2c(c1)CN(CC(C=O)(NC(N)=O)C1CCN(S(=O)(=O)c3ccccc3)CC1)C2=O. The third kappa shape index (κ3) is 4.73. The summed E-state index contributed by atoms with van der Waals surface area (Å²) in [6.07, 6.45) is 1.25. The van der Waals surface area contributed by atoms with E-state index in [0.29, 0.717) is 30.4 Å². The van der Waals surface area contributed by atoms with E-state index in [1.165, 1.54) is 28.4 Å². The Hall–Kier alpha value is -3.44.